The molecule has 1 rings (SSSR count). The highest BCUT2D eigenvalue weighted by molar-refractivity contribution is 7.45. The van der Waals surface area contributed by atoms with E-state index in [-0.39, 0.29) is 12.5 Å². The second-order valence-electron chi connectivity index (χ2n) is 2.79. The van der Waals surface area contributed by atoms with Crippen LogP contribution in [0.3, 0.4) is 0 Å². The predicted octanol–water partition coefficient (Wildman–Crippen LogP) is 2.19. The fourth-order valence-electron chi connectivity index (χ4n) is 0.975. The summed E-state index contributed by atoms with van der Waals surface area (Å²) in [6.07, 6.45) is 0.900. The van der Waals surface area contributed by atoms with Crippen molar-refractivity contribution in [3.63, 3.8) is 0 Å². The topological polar surface area (TPSA) is 43.4 Å². The van der Waals surface area contributed by atoms with E-state index in [9.17, 15) is 9.36 Å². The normalized spacial score (nSPS) is 11.0. The molecule has 0 spiro atoms. The van der Waals surface area contributed by atoms with Crippen molar-refractivity contribution in [1.82, 2.24) is 0 Å². The van der Waals surface area contributed by atoms with E-state index in [1.54, 1.807) is 0 Å². The van der Waals surface area contributed by atoms with E-state index in [0.717, 1.165) is 5.56 Å². The zero-order chi connectivity index (χ0) is 10.2. The lowest BCUT2D eigenvalue weighted by molar-refractivity contribution is -0.105. The maximum atomic E-state index is 11.0. The fourth-order valence-corrected chi connectivity index (χ4v) is 1.54. The molecule has 3 nitrogen and oxygen atoms in total. The Kier molecular flexibility index (Phi) is 5.05. The van der Waals surface area contributed by atoms with E-state index in [1.165, 1.54) is 0 Å². The Balaban J connectivity index is 2.22. The first-order valence-electron chi connectivity index (χ1n) is 4.30. The molecule has 1 aromatic carbocycles. The minimum absolute atomic E-state index is 0.0874. The van der Waals surface area contributed by atoms with E-state index < -0.39 is 7.80 Å². The minimum Gasteiger partial charge on any atom is -0.333 e. The van der Waals surface area contributed by atoms with Crippen LogP contribution in [0.4, 0.5) is 0 Å². The number of hydrogen-bond acceptors (Lipinski definition) is 3. The lowest BCUT2D eigenvalue weighted by Gasteiger charge is -1.97. The van der Waals surface area contributed by atoms with Crippen LogP contribution in [0.5, 0.6) is 0 Å². The van der Waals surface area contributed by atoms with E-state index in [2.05, 4.69) is 0 Å². The van der Waals surface area contributed by atoms with Gasteiger partial charge in [-0.05, 0) is 5.56 Å². The average molecular weight is 211 g/mol. The van der Waals surface area contributed by atoms with Crippen LogP contribution in [0, 0.1) is 0 Å². The third kappa shape index (κ3) is 4.26. The summed E-state index contributed by atoms with van der Waals surface area (Å²) >= 11 is 0. The van der Waals surface area contributed by atoms with Gasteiger partial charge in [0.25, 0.3) is 0 Å². The molecule has 1 aromatic rings. The van der Waals surface area contributed by atoms with Gasteiger partial charge in [-0.15, -0.1) is 0 Å². The lowest BCUT2D eigenvalue weighted by Crippen LogP contribution is -1.93. The molecule has 0 N–H and O–H groups in total. The lowest BCUT2D eigenvalue weighted by atomic mass is 10.2. The third-order valence-corrected chi connectivity index (χ3v) is 2.65. The van der Waals surface area contributed by atoms with Gasteiger partial charge in [0.1, 0.15) is 0 Å². The van der Waals surface area contributed by atoms with Crippen molar-refractivity contribution in [2.24, 2.45) is 0 Å². The van der Waals surface area contributed by atoms with Crippen LogP contribution in [0.15, 0.2) is 30.3 Å². The molecule has 1 unspecified atom stereocenters. The quantitative estimate of drug-likeness (QED) is 0.535. The molecular weight excluding hydrogens is 199 g/mol. The van der Waals surface area contributed by atoms with Gasteiger partial charge in [0.15, 0.2) is 6.29 Å². The van der Waals surface area contributed by atoms with Gasteiger partial charge in [-0.25, -0.2) is 0 Å². The highest BCUT2D eigenvalue weighted by atomic mass is 31.1. The Hall–Kier alpha value is -1.05. The summed E-state index contributed by atoms with van der Waals surface area (Å²) in [5.74, 6) is 0. The van der Waals surface area contributed by atoms with Gasteiger partial charge in [-0.1, -0.05) is 34.9 Å². The Bertz CT molecular complexity index is 297. The molecule has 4 heteroatoms. The molecule has 0 aliphatic carbocycles. The monoisotopic (exact) mass is 211 g/mol. The van der Waals surface area contributed by atoms with Crippen molar-refractivity contribution in [3.8, 4) is 0 Å². The number of rotatable bonds is 6. The molecule has 74 valence electrons. The first-order valence-corrected chi connectivity index (χ1v) is 5.93. The van der Waals surface area contributed by atoms with E-state index in [4.69, 9.17) is 4.74 Å². The number of ether oxygens (including phenoxy) is 1. The van der Waals surface area contributed by atoms with E-state index in [0.29, 0.717) is 12.9 Å². The van der Waals surface area contributed by atoms with Crippen molar-refractivity contribution in [2.45, 2.75) is 6.61 Å². The number of carbonyl (C=O) groups is 1. The van der Waals surface area contributed by atoms with Gasteiger partial charge >= 0.3 is 7.80 Å². The third-order valence-electron chi connectivity index (χ3n) is 1.63. The molecular formula is C10H12O3P+. The standard InChI is InChI=1S/C10H12O3P/c11-6-7-14(12)9-13-8-10-4-2-1-3-5-10/h1-6H,7-9H2/q+1. The smallest absolute Gasteiger partial charge is 0.333 e. The van der Waals surface area contributed by atoms with Crippen LogP contribution in [-0.4, -0.2) is 18.8 Å². The molecule has 0 aliphatic rings. The van der Waals surface area contributed by atoms with Crippen LogP contribution < -0.4 is 0 Å². The fraction of sp³-hybridized carbons (Fsp3) is 0.300. The highest BCUT2D eigenvalue weighted by Gasteiger charge is 2.13. The first-order chi connectivity index (χ1) is 6.83. The Morgan fingerprint density at radius 3 is 2.64 bits per heavy atom. The SMILES string of the molecule is O=CC[P+](=O)COCc1ccccc1. The van der Waals surface area contributed by atoms with Gasteiger partial charge in [0.2, 0.25) is 12.5 Å². The number of benzene rings is 1. The zero-order valence-corrected chi connectivity index (χ0v) is 8.65. The summed E-state index contributed by atoms with van der Waals surface area (Å²) < 4.78 is 16.2. The summed E-state index contributed by atoms with van der Waals surface area (Å²) in [5.41, 5.74) is 1.04. The summed E-state index contributed by atoms with van der Waals surface area (Å²) in [5, 5.41) is 0. The summed E-state index contributed by atoms with van der Waals surface area (Å²) in [6, 6.07) is 9.64. The maximum absolute atomic E-state index is 11.0. The minimum atomic E-state index is -1.52. The van der Waals surface area contributed by atoms with Gasteiger partial charge in [0.05, 0.1) is 6.61 Å². The molecule has 0 fully saturated rings. The first kappa shape index (κ1) is 11.0. The molecule has 0 heterocycles. The molecule has 0 bridgehead atoms. The Labute approximate surface area is 83.9 Å². The van der Waals surface area contributed by atoms with Crippen LogP contribution in [0.2, 0.25) is 0 Å². The van der Waals surface area contributed by atoms with Crippen molar-refractivity contribution < 1.29 is 14.1 Å². The van der Waals surface area contributed by atoms with Gasteiger partial charge in [-0.3, -0.25) is 4.79 Å². The van der Waals surface area contributed by atoms with Crippen LogP contribution in [0.1, 0.15) is 5.56 Å². The molecule has 0 aromatic heterocycles. The van der Waals surface area contributed by atoms with Crippen LogP contribution in [-0.2, 0) is 20.7 Å². The molecule has 14 heavy (non-hydrogen) atoms. The van der Waals surface area contributed by atoms with E-state index in [1.807, 2.05) is 30.3 Å². The van der Waals surface area contributed by atoms with Crippen LogP contribution in [0.25, 0.3) is 0 Å². The van der Waals surface area contributed by atoms with Crippen molar-refractivity contribution in [2.75, 3.05) is 12.5 Å². The van der Waals surface area contributed by atoms with Crippen LogP contribution >= 0.6 is 7.80 Å². The summed E-state index contributed by atoms with van der Waals surface area (Å²) in [7, 11) is -1.52. The van der Waals surface area contributed by atoms with Crippen molar-refractivity contribution in [3.05, 3.63) is 35.9 Å². The number of aldehydes is 1. The maximum Gasteiger partial charge on any atom is 0.374 e. The largest absolute Gasteiger partial charge is 0.374 e. The molecule has 0 radical (unpaired) electrons. The number of hydrogen-bond donors (Lipinski definition) is 0. The molecule has 0 saturated heterocycles. The van der Waals surface area contributed by atoms with Gasteiger partial charge in [-0.2, -0.15) is 0 Å². The second kappa shape index (κ2) is 6.41. The second-order valence-corrected chi connectivity index (χ2v) is 4.38. The average Bonchev–Trinajstić information content (AvgIpc) is 2.20. The van der Waals surface area contributed by atoms with Crippen molar-refractivity contribution in [1.29, 1.82) is 0 Å². The Morgan fingerprint density at radius 1 is 1.29 bits per heavy atom. The van der Waals surface area contributed by atoms with Gasteiger partial charge < -0.3 is 4.74 Å². The predicted molar refractivity (Wildman–Crippen MR) is 54.6 cm³/mol. The number of carbonyl (C=O) groups excluding carboxylic acids is 1. The summed E-state index contributed by atoms with van der Waals surface area (Å²) in [4.78, 5) is 10.0. The van der Waals surface area contributed by atoms with E-state index >= 15 is 0 Å². The zero-order valence-electron chi connectivity index (χ0n) is 7.76. The highest BCUT2D eigenvalue weighted by Crippen LogP contribution is 2.18. The molecule has 0 aliphatic heterocycles. The molecule has 0 saturated carbocycles. The molecule has 0 amide bonds. The Morgan fingerprint density at radius 2 is 2.00 bits per heavy atom. The van der Waals surface area contributed by atoms with Crippen molar-refractivity contribution >= 4 is 14.1 Å². The summed E-state index contributed by atoms with van der Waals surface area (Å²) in [6.45, 7) is 0.445. The van der Waals surface area contributed by atoms with Gasteiger partial charge in [0, 0.05) is 0 Å². The molecule has 1 atom stereocenters.